The third-order valence-electron chi connectivity index (χ3n) is 2.84. The largest absolute Gasteiger partial charge is 0.462 e. The summed E-state index contributed by atoms with van der Waals surface area (Å²) in [5, 5.41) is 4.18. The molecule has 1 heterocycles. The molecule has 0 aliphatic heterocycles. The van der Waals surface area contributed by atoms with Gasteiger partial charge in [-0.25, -0.2) is 9.48 Å². The molecule has 0 unspecified atom stereocenters. The summed E-state index contributed by atoms with van der Waals surface area (Å²) in [6.45, 7) is 5.34. The Morgan fingerprint density at radius 2 is 1.90 bits per heavy atom. The maximum Gasteiger partial charge on any atom is 0.342 e. The highest BCUT2D eigenvalue weighted by Crippen LogP contribution is 2.15. The van der Waals surface area contributed by atoms with Gasteiger partial charge in [0.15, 0.2) is 5.78 Å². The summed E-state index contributed by atoms with van der Waals surface area (Å²) in [6.07, 6.45) is 1.53. The maximum absolute atomic E-state index is 11.8. The predicted octanol–water partition coefficient (Wildman–Crippen LogP) is 2.56. The van der Waals surface area contributed by atoms with E-state index < -0.39 is 5.97 Å². The van der Waals surface area contributed by atoms with Crippen molar-refractivity contribution in [2.24, 2.45) is 0 Å². The first kappa shape index (κ1) is 14.0. The van der Waals surface area contributed by atoms with Gasteiger partial charge in [-0.3, -0.25) is 4.79 Å². The van der Waals surface area contributed by atoms with Crippen LogP contribution < -0.4 is 0 Å². The van der Waals surface area contributed by atoms with Gasteiger partial charge in [-0.1, -0.05) is 17.7 Å². The summed E-state index contributed by atoms with van der Waals surface area (Å²) in [7, 11) is 0. The molecule has 104 valence electrons. The number of aromatic nitrogens is 2. The van der Waals surface area contributed by atoms with E-state index in [0.717, 1.165) is 11.3 Å². The zero-order chi connectivity index (χ0) is 14.7. The van der Waals surface area contributed by atoms with Crippen LogP contribution in [-0.2, 0) is 4.74 Å². The molecule has 0 bridgehead atoms. The lowest BCUT2D eigenvalue weighted by Gasteiger charge is -2.01. The van der Waals surface area contributed by atoms with Crippen LogP contribution >= 0.6 is 0 Å². The Bertz CT molecular complexity index is 642. The number of hydrogen-bond donors (Lipinski definition) is 0. The van der Waals surface area contributed by atoms with Crippen molar-refractivity contribution >= 4 is 11.8 Å². The molecule has 0 saturated heterocycles. The molecule has 20 heavy (non-hydrogen) atoms. The summed E-state index contributed by atoms with van der Waals surface area (Å²) in [5.41, 5.74) is 2.23. The molecule has 0 amide bonds. The van der Waals surface area contributed by atoms with Crippen LogP contribution in [-0.4, -0.2) is 28.1 Å². The Balaban J connectivity index is 2.46. The zero-order valence-electron chi connectivity index (χ0n) is 11.7. The van der Waals surface area contributed by atoms with Crippen LogP contribution in [0.3, 0.4) is 0 Å². The van der Waals surface area contributed by atoms with Gasteiger partial charge >= 0.3 is 5.97 Å². The fourth-order valence-corrected chi connectivity index (χ4v) is 1.82. The molecule has 0 aliphatic carbocycles. The molecule has 5 heteroatoms. The molecule has 0 radical (unpaired) electrons. The standard InChI is InChI=1S/C15H16N2O3/c1-4-20-15(19)13-9-17(16-14(13)11(3)18)12-7-5-10(2)6-8-12/h5-9H,4H2,1-3H3. The number of rotatable bonds is 4. The number of ether oxygens (including phenoxy) is 1. The Hall–Kier alpha value is -2.43. The fraction of sp³-hybridized carbons (Fsp3) is 0.267. The third-order valence-corrected chi connectivity index (χ3v) is 2.84. The first-order valence-electron chi connectivity index (χ1n) is 6.37. The number of aryl methyl sites for hydroxylation is 1. The highest BCUT2D eigenvalue weighted by molar-refractivity contribution is 6.03. The molecule has 0 saturated carbocycles. The van der Waals surface area contributed by atoms with Crippen molar-refractivity contribution in [3.63, 3.8) is 0 Å². The van der Waals surface area contributed by atoms with Gasteiger partial charge in [-0.05, 0) is 26.0 Å². The van der Waals surface area contributed by atoms with Gasteiger partial charge in [-0.15, -0.1) is 0 Å². The highest BCUT2D eigenvalue weighted by Gasteiger charge is 2.21. The lowest BCUT2D eigenvalue weighted by Crippen LogP contribution is -2.08. The van der Waals surface area contributed by atoms with Gasteiger partial charge in [0.2, 0.25) is 0 Å². The SMILES string of the molecule is CCOC(=O)c1cn(-c2ccc(C)cc2)nc1C(C)=O. The minimum atomic E-state index is -0.531. The summed E-state index contributed by atoms with van der Waals surface area (Å²) in [4.78, 5) is 23.4. The van der Waals surface area contributed by atoms with Crippen molar-refractivity contribution in [3.05, 3.63) is 47.3 Å². The van der Waals surface area contributed by atoms with E-state index in [1.165, 1.54) is 17.8 Å². The minimum absolute atomic E-state index is 0.129. The fourth-order valence-electron chi connectivity index (χ4n) is 1.82. The number of ketones is 1. The average Bonchev–Trinajstić information content (AvgIpc) is 2.85. The van der Waals surface area contributed by atoms with Crippen molar-refractivity contribution in [2.75, 3.05) is 6.61 Å². The topological polar surface area (TPSA) is 61.2 Å². The Labute approximate surface area is 117 Å². The van der Waals surface area contributed by atoms with Crippen molar-refractivity contribution < 1.29 is 14.3 Å². The molecule has 1 aromatic heterocycles. The van der Waals surface area contributed by atoms with E-state index >= 15 is 0 Å². The van der Waals surface area contributed by atoms with Gasteiger partial charge in [0.25, 0.3) is 0 Å². The lowest BCUT2D eigenvalue weighted by atomic mass is 10.2. The van der Waals surface area contributed by atoms with E-state index in [1.807, 2.05) is 31.2 Å². The van der Waals surface area contributed by atoms with Gasteiger partial charge in [0.1, 0.15) is 11.3 Å². The molecular weight excluding hydrogens is 256 g/mol. The molecule has 2 rings (SSSR count). The van der Waals surface area contributed by atoms with Crippen LogP contribution in [0.1, 0.15) is 40.3 Å². The highest BCUT2D eigenvalue weighted by atomic mass is 16.5. The molecule has 0 spiro atoms. The van der Waals surface area contributed by atoms with E-state index in [4.69, 9.17) is 4.74 Å². The maximum atomic E-state index is 11.8. The summed E-state index contributed by atoms with van der Waals surface area (Å²) in [5.74, 6) is -0.796. The van der Waals surface area contributed by atoms with E-state index in [1.54, 1.807) is 6.92 Å². The quantitative estimate of drug-likeness (QED) is 0.634. The second-order valence-electron chi connectivity index (χ2n) is 4.45. The van der Waals surface area contributed by atoms with Gasteiger partial charge in [-0.2, -0.15) is 5.10 Å². The average molecular weight is 272 g/mol. The number of esters is 1. The van der Waals surface area contributed by atoms with Crippen LogP contribution in [0.5, 0.6) is 0 Å². The minimum Gasteiger partial charge on any atom is -0.462 e. The number of carbonyl (C=O) groups excluding carboxylic acids is 2. The van der Waals surface area contributed by atoms with E-state index in [0.29, 0.717) is 0 Å². The number of benzene rings is 1. The van der Waals surface area contributed by atoms with Gasteiger partial charge in [0, 0.05) is 13.1 Å². The molecule has 2 aromatic rings. The number of hydrogen-bond acceptors (Lipinski definition) is 4. The monoisotopic (exact) mass is 272 g/mol. The summed E-state index contributed by atoms with van der Waals surface area (Å²) >= 11 is 0. The third kappa shape index (κ3) is 2.77. The lowest BCUT2D eigenvalue weighted by molar-refractivity contribution is 0.0523. The summed E-state index contributed by atoms with van der Waals surface area (Å²) in [6, 6.07) is 7.63. The Kier molecular flexibility index (Phi) is 3.98. The normalized spacial score (nSPS) is 10.3. The smallest absolute Gasteiger partial charge is 0.342 e. The van der Waals surface area contributed by atoms with Crippen molar-refractivity contribution in [3.8, 4) is 5.69 Å². The Morgan fingerprint density at radius 1 is 1.25 bits per heavy atom. The molecule has 0 fully saturated rings. The van der Waals surface area contributed by atoms with Crippen LogP contribution in [0.2, 0.25) is 0 Å². The van der Waals surface area contributed by atoms with Crippen LogP contribution in [0.25, 0.3) is 5.69 Å². The van der Waals surface area contributed by atoms with Crippen molar-refractivity contribution in [2.45, 2.75) is 20.8 Å². The first-order chi connectivity index (χ1) is 9.52. The zero-order valence-corrected chi connectivity index (χ0v) is 11.7. The Morgan fingerprint density at radius 3 is 2.45 bits per heavy atom. The van der Waals surface area contributed by atoms with Crippen LogP contribution in [0, 0.1) is 6.92 Å². The van der Waals surface area contributed by atoms with E-state index in [2.05, 4.69) is 5.10 Å². The molecule has 1 aromatic carbocycles. The second kappa shape index (κ2) is 5.69. The molecule has 5 nitrogen and oxygen atoms in total. The van der Waals surface area contributed by atoms with Gasteiger partial charge < -0.3 is 4.74 Å². The predicted molar refractivity (Wildman–Crippen MR) is 74.3 cm³/mol. The molecular formula is C15H16N2O3. The van der Waals surface area contributed by atoms with Crippen molar-refractivity contribution in [1.29, 1.82) is 0 Å². The molecule has 0 N–H and O–H groups in total. The van der Waals surface area contributed by atoms with Crippen molar-refractivity contribution in [1.82, 2.24) is 9.78 Å². The van der Waals surface area contributed by atoms with Crippen LogP contribution in [0.15, 0.2) is 30.5 Å². The first-order valence-corrected chi connectivity index (χ1v) is 6.37. The van der Waals surface area contributed by atoms with E-state index in [9.17, 15) is 9.59 Å². The van der Waals surface area contributed by atoms with E-state index in [-0.39, 0.29) is 23.6 Å². The van der Waals surface area contributed by atoms with Gasteiger partial charge in [0.05, 0.1) is 12.3 Å². The van der Waals surface area contributed by atoms with Crippen LogP contribution in [0.4, 0.5) is 0 Å². The molecule has 0 aliphatic rings. The number of nitrogens with zero attached hydrogens (tertiary/aromatic N) is 2. The number of Topliss-reactive ketones (excluding diaryl/α,β-unsaturated/α-hetero) is 1. The number of carbonyl (C=O) groups is 2. The second-order valence-corrected chi connectivity index (χ2v) is 4.45. The molecule has 0 atom stereocenters. The summed E-state index contributed by atoms with van der Waals surface area (Å²) < 4.78 is 6.46.